The minimum absolute atomic E-state index is 0.0445. The molecule has 1 aromatic carbocycles. The molecule has 0 spiro atoms. The molecule has 0 heterocycles. The van der Waals surface area contributed by atoms with Crippen LogP contribution in [0.2, 0.25) is 0 Å². The molecule has 0 radical (unpaired) electrons. The molecule has 100 valence electrons. The highest BCUT2D eigenvalue weighted by atomic mass is 19.2. The van der Waals surface area contributed by atoms with Gasteiger partial charge in [-0.1, -0.05) is 12.1 Å². The third-order valence-corrected chi connectivity index (χ3v) is 2.50. The third kappa shape index (κ3) is 4.79. The molecule has 1 aromatic rings. The zero-order valence-corrected chi connectivity index (χ0v) is 10.2. The molecule has 2 N–H and O–H groups in total. The lowest BCUT2D eigenvalue weighted by atomic mass is 10.1. The summed E-state index contributed by atoms with van der Waals surface area (Å²) in [5, 5.41) is 11.6. The zero-order chi connectivity index (χ0) is 13.5. The lowest BCUT2D eigenvalue weighted by Crippen LogP contribution is -2.27. The second kappa shape index (κ2) is 7.06. The Labute approximate surface area is 105 Å². The van der Waals surface area contributed by atoms with Gasteiger partial charge in [-0.15, -0.1) is 0 Å². The first-order chi connectivity index (χ1) is 8.50. The van der Waals surface area contributed by atoms with Crippen LogP contribution in [-0.2, 0) is 11.2 Å². The number of carbonyl (C=O) groups excluding carboxylic acids is 1. The number of nitrogens with one attached hydrogen (secondary N) is 1. The van der Waals surface area contributed by atoms with E-state index in [1.807, 2.05) is 0 Å². The fourth-order valence-corrected chi connectivity index (χ4v) is 1.55. The summed E-state index contributed by atoms with van der Waals surface area (Å²) >= 11 is 0. The molecular formula is C13H17F2NO2. The van der Waals surface area contributed by atoms with E-state index in [4.69, 9.17) is 5.11 Å². The number of halogens is 2. The monoisotopic (exact) mass is 257 g/mol. The minimum atomic E-state index is -0.975. The lowest BCUT2D eigenvalue weighted by Gasteiger charge is -2.07. The molecule has 5 heteroatoms. The van der Waals surface area contributed by atoms with Crippen molar-refractivity contribution in [2.24, 2.45) is 0 Å². The molecule has 0 aliphatic heterocycles. The maximum Gasteiger partial charge on any atom is 0.224 e. The molecule has 0 bridgehead atoms. The van der Waals surface area contributed by atoms with Gasteiger partial charge in [0.05, 0.1) is 12.5 Å². The molecule has 1 amide bonds. The van der Waals surface area contributed by atoms with Crippen LogP contribution in [0, 0.1) is 11.6 Å². The Kier molecular flexibility index (Phi) is 5.71. The highest BCUT2D eigenvalue weighted by Crippen LogP contribution is 2.11. The number of hydrogen-bond donors (Lipinski definition) is 2. The van der Waals surface area contributed by atoms with Gasteiger partial charge in [0.25, 0.3) is 0 Å². The van der Waals surface area contributed by atoms with Crippen molar-refractivity contribution in [1.29, 1.82) is 0 Å². The normalized spacial score (nSPS) is 12.2. The molecule has 0 saturated heterocycles. The first-order valence-corrected chi connectivity index (χ1v) is 5.88. The second-order valence-corrected chi connectivity index (χ2v) is 4.23. The van der Waals surface area contributed by atoms with Crippen molar-refractivity contribution in [1.82, 2.24) is 5.32 Å². The Bertz CT molecular complexity index is 408. The van der Waals surface area contributed by atoms with Crippen LogP contribution in [0.15, 0.2) is 18.2 Å². The topological polar surface area (TPSA) is 49.3 Å². The Morgan fingerprint density at radius 2 is 2.17 bits per heavy atom. The van der Waals surface area contributed by atoms with Crippen LogP contribution >= 0.6 is 0 Å². The van der Waals surface area contributed by atoms with Gasteiger partial charge in [-0.25, -0.2) is 8.78 Å². The molecule has 0 fully saturated rings. The van der Waals surface area contributed by atoms with Crippen LogP contribution in [-0.4, -0.2) is 23.7 Å². The van der Waals surface area contributed by atoms with Crippen molar-refractivity contribution in [2.75, 3.05) is 6.54 Å². The maximum absolute atomic E-state index is 13.3. The van der Waals surface area contributed by atoms with Gasteiger partial charge in [-0.2, -0.15) is 0 Å². The molecule has 3 nitrogen and oxygen atoms in total. The van der Waals surface area contributed by atoms with Crippen LogP contribution in [0.3, 0.4) is 0 Å². The molecule has 18 heavy (non-hydrogen) atoms. The third-order valence-electron chi connectivity index (χ3n) is 2.50. The predicted molar refractivity (Wildman–Crippen MR) is 64.0 cm³/mol. The van der Waals surface area contributed by atoms with Crippen LogP contribution < -0.4 is 5.32 Å². The number of rotatable bonds is 6. The standard InChI is InChI=1S/C13H17F2NO2/c1-9(17)4-3-7-16-12(18)8-10-5-2-6-11(14)13(10)15/h2,5-6,9,17H,3-4,7-8H2,1H3,(H,16,18). The summed E-state index contributed by atoms with van der Waals surface area (Å²) in [4.78, 5) is 11.5. The Morgan fingerprint density at radius 1 is 1.44 bits per heavy atom. The lowest BCUT2D eigenvalue weighted by molar-refractivity contribution is -0.120. The molecule has 0 aliphatic carbocycles. The zero-order valence-electron chi connectivity index (χ0n) is 10.2. The van der Waals surface area contributed by atoms with Gasteiger partial charge in [-0.3, -0.25) is 4.79 Å². The largest absolute Gasteiger partial charge is 0.393 e. The number of amides is 1. The predicted octanol–water partition coefficient (Wildman–Crippen LogP) is 1.78. The van der Waals surface area contributed by atoms with Crippen molar-refractivity contribution in [3.8, 4) is 0 Å². The number of benzene rings is 1. The quantitative estimate of drug-likeness (QED) is 0.763. The molecule has 0 aliphatic rings. The average Bonchev–Trinajstić information content (AvgIpc) is 2.30. The van der Waals surface area contributed by atoms with Crippen molar-refractivity contribution in [3.05, 3.63) is 35.4 Å². The van der Waals surface area contributed by atoms with Crippen molar-refractivity contribution in [3.63, 3.8) is 0 Å². The molecule has 0 aromatic heterocycles. The van der Waals surface area contributed by atoms with E-state index in [0.29, 0.717) is 19.4 Å². The van der Waals surface area contributed by atoms with E-state index in [1.165, 1.54) is 12.1 Å². The van der Waals surface area contributed by atoms with Crippen LogP contribution in [0.1, 0.15) is 25.3 Å². The van der Waals surface area contributed by atoms with E-state index >= 15 is 0 Å². The first-order valence-electron chi connectivity index (χ1n) is 5.88. The van der Waals surface area contributed by atoms with Gasteiger partial charge < -0.3 is 10.4 Å². The summed E-state index contributed by atoms with van der Waals surface area (Å²) in [6, 6.07) is 3.77. The van der Waals surface area contributed by atoms with E-state index < -0.39 is 17.7 Å². The van der Waals surface area contributed by atoms with Gasteiger partial charge in [0.15, 0.2) is 11.6 Å². The second-order valence-electron chi connectivity index (χ2n) is 4.23. The van der Waals surface area contributed by atoms with Crippen molar-refractivity contribution >= 4 is 5.91 Å². The number of hydrogen-bond acceptors (Lipinski definition) is 2. The van der Waals surface area contributed by atoms with Crippen molar-refractivity contribution < 1.29 is 18.7 Å². The van der Waals surface area contributed by atoms with Gasteiger partial charge in [0.1, 0.15) is 0 Å². The van der Waals surface area contributed by atoms with Gasteiger partial charge >= 0.3 is 0 Å². The SMILES string of the molecule is CC(O)CCCNC(=O)Cc1cccc(F)c1F. The van der Waals surface area contributed by atoms with Crippen LogP contribution in [0.25, 0.3) is 0 Å². The molecule has 1 atom stereocenters. The fraction of sp³-hybridized carbons (Fsp3) is 0.462. The van der Waals surface area contributed by atoms with E-state index in [2.05, 4.69) is 5.32 Å². The number of aliphatic hydroxyl groups excluding tert-OH is 1. The summed E-state index contributed by atoms with van der Waals surface area (Å²) in [5.41, 5.74) is 0.0445. The van der Waals surface area contributed by atoms with Crippen LogP contribution in [0.4, 0.5) is 8.78 Å². The molecule has 1 unspecified atom stereocenters. The summed E-state index contributed by atoms with van der Waals surface area (Å²) < 4.78 is 26.2. The highest BCUT2D eigenvalue weighted by Gasteiger charge is 2.11. The average molecular weight is 257 g/mol. The van der Waals surface area contributed by atoms with Gasteiger partial charge in [-0.05, 0) is 25.8 Å². The summed E-state index contributed by atoms with van der Waals surface area (Å²) in [6.07, 6.45) is 0.657. The smallest absolute Gasteiger partial charge is 0.224 e. The maximum atomic E-state index is 13.3. The van der Waals surface area contributed by atoms with E-state index in [1.54, 1.807) is 6.92 Å². The molecular weight excluding hydrogens is 240 g/mol. The van der Waals surface area contributed by atoms with E-state index in [-0.39, 0.29) is 17.9 Å². The Morgan fingerprint density at radius 3 is 2.83 bits per heavy atom. The van der Waals surface area contributed by atoms with Gasteiger partial charge in [0.2, 0.25) is 5.91 Å². The van der Waals surface area contributed by atoms with Gasteiger partial charge in [0, 0.05) is 12.1 Å². The van der Waals surface area contributed by atoms with Crippen molar-refractivity contribution in [2.45, 2.75) is 32.3 Å². The van der Waals surface area contributed by atoms with E-state index in [0.717, 1.165) is 6.07 Å². The minimum Gasteiger partial charge on any atom is -0.393 e. The van der Waals surface area contributed by atoms with E-state index in [9.17, 15) is 13.6 Å². The Hall–Kier alpha value is -1.49. The highest BCUT2D eigenvalue weighted by molar-refractivity contribution is 5.78. The number of aliphatic hydroxyl groups is 1. The summed E-state index contributed by atoms with van der Waals surface area (Å²) in [6.45, 7) is 2.09. The Balaban J connectivity index is 2.38. The molecule has 0 saturated carbocycles. The summed E-state index contributed by atoms with van der Waals surface area (Å²) in [5.74, 6) is -2.28. The first kappa shape index (κ1) is 14.6. The fourth-order valence-electron chi connectivity index (χ4n) is 1.55. The summed E-state index contributed by atoms with van der Waals surface area (Å²) in [7, 11) is 0. The molecule has 1 rings (SSSR count). The van der Waals surface area contributed by atoms with Crippen LogP contribution in [0.5, 0.6) is 0 Å². The number of carbonyl (C=O) groups is 1.